The van der Waals surface area contributed by atoms with E-state index in [4.69, 9.17) is 4.74 Å². The molecule has 6 heteroatoms. The lowest BCUT2D eigenvalue weighted by Crippen LogP contribution is -2.45. The molecule has 0 aliphatic carbocycles. The van der Waals surface area contributed by atoms with Gasteiger partial charge in [0.1, 0.15) is 12.8 Å². The Balaban J connectivity index is 2.33. The second-order valence-electron chi connectivity index (χ2n) is 3.82. The number of ether oxygens (including phenoxy) is 1. The summed E-state index contributed by atoms with van der Waals surface area (Å²) in [6, 6.07) is 9.41. The fourth-order valence-corrected chi connectivity index (χ4v) is 1.89. The molecule has 5 nitrogen and oxygen atoms in total. The van der Waals surface area contributed by atoms with Gasteiger partial charge in [-0.15, -0.1) is 0 Å². The number of benzene rings is 1. The maximum Gasteiger partial charge on any atom is 0.409 e. The number of carbonyl (C=O) groups excluding carboxylic acids is 2. The van der Waals surface area contributed by atoms with Crippen molar-refractivity contribution in [3.05, 3.63) is 35.9 Å². The van der Waals surface area contributed by atoms with Crippen molar-refractivity contribution in [1.29, 1.82) is 0 Å². The van der Waals surface area contributed by atoms with Crippen LogP contribution in [0, 0.1) is 0 Å². The van der Waals surface area contributed by atoms with E-state index in [1.54, 1.807) is 11.8 Å². The first-order valence-corrected chi connectivity index (χ1v) is 7.31. The molecule has 1 unspecified atom stereocenters. The molecule has 0 radical (unpaired) electrons. The van der Waals surface area contributed by atoms with Gasteiger partial charge in [0.2, 0.25) is 6.41 Å². The second kappa shape index (κ2) is 9.27. The van der Waals surface area contributed by atoms with Gasteiger partial charge in [0.25, 0.3) is 0 Å². The molecule has 0 heterocycles. The first-order chi connectivity index (χ1) is 9.26. The van der Waals surface area contributed by atoms with Gasteiger partial charge in [-0.25, -0.2) is 4.79 Å². The zero-order chi connectivity index (χ0) is 13.9. The van der Waals surface area contributed by atoms with Gasteiger partial charge >= 0.3 is 6.09 Å². The van der Waals surface area contributed by atoms with Crippen LogP contribution in [-0.2, 0) is 16.1 Å². The minimum Gasteiger partial charge on any atom is -0.445 e. The highest BCUT2D eigenvalue weighted by Gasteiger charge is 2.11. The van der Waals surface area contributed by atoms with Gasteiger partial charge < -0.3 is 15.4 Å². The molecule has 0 saturated heterocycles. The van der Waals surface area contributed by atoms with E-state index in [0.717, 1.165) is 11.3 Å². The third-order valence-corrected chi connectivity index (χ3v) is 3.03. The number of thioether (sulfide) groups is 1. The van der Waals surface area contributed by atoms with Crippen LogP contribution in [0.5, 0.6) is 0 Å². The third kappa shape index (κ3) is 6.71. The molecule has 0 bridgehead atoms. The van der Waals surface area contributed by atoms with Crippen LogP contribution < -0.4 is 10.6 Å². The summed E-state index contributed by atoms with van der Waals surface area (Å²) >= 11 is 1.65. The molecule has 0 fully saturated rings. The average molecular weight is 282 g/mol. The quantitative estimate of drug-likeness (QED) is 0.563. The Morgan fingerprint density at radius 2 is 2.16 bits per heavy atom. The highest BCUT2D eigenvalue weighted by atomic mass is 32.2. The van der Waals surface area contributed by atoms with Crippen LogP contribution in [0.15, 0.2) is 30.3 Å². The van der Waals surface area contributed by atoms with Crippen molar-refractivity contribution < 1.29 is 14.3 Å². The Kier molecular flexibility index (Phi) is 7.50. The number of nitrogens with one attached hydrogen (secondary N) is 2. The maximum atomic E-state index is 11.6. The number of hydrogen-bond donors (Lipinski definition) is 2. The SMILES string of the molecule is CSCCC(NC=O)NC(=O)OCc1ccccc1. The molecular formula is C13H18N2O3S. The first kappa shape index (κ1) is 15.4. The van der Waals surface area contributed by atoms with E-state index in [-0.39, 0.29) is 6.61 Å². The molecule has 2 amide bonds. The standard InChI is InChI=1S/C13H18N2O3S/c1-19-8-7-12(14-10-16)15-13(17)18-9-11-5-3-2-4-6-11/h2-6,10,12H,7-9H2,1H3,(H,14,16)(H,15,17). The Morgan fingerprint density at radius 3 is 2.79 bits per heavy atom. The van der Waals surface area contributed by atoms with E-state index in [1.165, 1.54) is 0 Å². The van der Waals surface area contributed by atoms with Crippen molar-refractivity contribution in [1.82, 2.24) is 10.6 Å². The number of alkyl carbamates (subject to hydrolysis) is 1. The number of amides is 2. The van der Waals surface area contributed by atoms with Crippen LogP contribution >= 0.6 is 11.8 Å². The van der Waals surface area contributed by atoms with Crippen LogP contribution in [0.4, 0.5) is 4.79 Å². The monoisotopic (exact) mass is 282 g/mol. The van der Waals surface area contributed by atoms with Crippen molar-refractivity contribution in [2.45, 2.75) is 19.2 Å². The molecule has 0 aliphatic heterocycles. The molecule has 0 spiro atoms. The van der Waals surface area contributed by atoms with E-state index in [1.807, 2.05) is 36.6 Å². The Labute approximate surface area is 117 Å². The smallest absolute Gasteiger partial charge is 0.409 e. The molecular weight excluding hydrogens is 264 g/mol. The van der Waals surface area contributed by atoms with Gasteiger partial charge in [-0.2, -0.15) is 11.8 Å². The molecule has 0 aliphatic rings. The number of rotatable bonds is 8. The summed E-state index contributed by atoms with van der Waals surface area (Å²) in [4.78, 5) is 22.0. The molecule has 104 valence electrons. The fraction of sp³-hybridized carbons (Fsp3) is 0.385. The van der Waals surface area contributed by atoms with Gasteiger partial charge in [0, 0.05) is 0 Å². The summed E-state index contributed by atoms with van der Waals surface area (Å²) in [5, 5.41) is 5.15. The first-order valence-electron chi connectivity index (χ1n) is 5.92. The van der Waals surface area contributed by atoms with Crippen LogP contribution in [0.2, 0.25) is 0 Å². The molecule has 0 aromatic heterocycles. The fourth-order valence-electron chi connectivity index (χ4n) is 1.42. The number of hydrogen-bond acceptors (Lipinski definition) is 4. The molecule has 19 heavy (non-hydrogen) atoms. The minimum atomic E-state index is -0.538. The lowest BCUT2D eigenvalue weighted by atomic mass is 10.2. The van der Waals surface area contributed by atoms with E-state index in [0.29, 0.717) is 12.8 Å². The number of carbonyl (C=O) groups is 2. The third-order valence-electron chi connectivity index (χ3n) is 2.38. The van der Waals surface area contributed by atoms with E-state index >= 15 is 0 Å². The normalized spacial score (nSPS) is 11.4. The lowest BCUT2D eigenvalue weighted by Gasteiger charge is -2.17. The summed E-state index contributed by atoms with van der Waals surface area (Å²) in [5.74, 6) is 0.838. The molecule has 1 aromatic carbocycles. The maximum absolute atomic E-state index is 11.6. The van der Waals surface area contributed by atoms with Crippen molar-refractivity contribution >= 4 is 24.3 Å². The predicted molar refractivity (Wildman–Crippen MR) is 75.7 cm³/mol. The second-order valence-corrected chi connectivity index (χ2v) is 4.81. The van der Waals surface area contributed by atoms with Gasteiger partial charge in [-0.05, 0) is 24.0 Å². The van der Waals surface area contributed by atoms with Crippen molar-refractivity contribution in [2.75, 3.05) is 12.0 Å². The summed E-state index contributed by atoms with van der Waals surface area (Å²) in [7, 11) is 0. The van der Waals surface area contributed by atoms with E-state index in [2.05, 4.69) is 10.6 Å². The Morgan fingerprint density at radius 1 is 1.42 bits per heavy atom. The molecule has 1 rings (SSSR count). The summed E-state index contributed by atoms with van der Waals surface area (Å²) in [6.45, 7) is 0.211. The van der Waals surface area contributed by atoms with Crippen molar-refractivity contribution in [2.24, 2.45) is 0 Å². The van der Waals surface area contributed by atoms with E-state index in [9.17, 15) is 9.59 Å². The van der Waals surface area contributed by atoms with Gasteiger partial charge in [0.15, 0.2) is 0 Å². The van der Waals surface area contributed by atoms with Crippen LogP contribution in [0.3, 0.4) is 0 Å². The Bertz CT molecular complexity index is 387. The van der Waals surface area contributed by atoms with Crippen LogP contribution in [0.1, 0.15) is 12.0 Å². The van der Waals surface area contributed by atoms with Crippen LogP contribution in [0.25, 0.3) is 0 Å². The topological polar surface area (TPSA) is 67.4 Å². The molecule has 2 N–H and O–H groups in total. The lowest BCUT2D eigenvalue weighted by molar-refractivity contribution is -0.110. The van der Waals surface area contributed by atoms with Gasteiger partial charge in [-0.3, -0.25) is 4.79 Å². The summed E-state index contributed by atoms with van der Waals surface area (Å²) in [5.41, 5.74) is 0.918. The minimum absolute atomic E-state index is 0.211. The summed E-state index contributed by atoms with van der Waals surface area (Å²) < 4.78 is 5.07. The van der Waals surface area contributed by atoms with Crippen molar-refractivity contribution in [3.8, 4) is 0 Å². The predicted octanol–water partition coefficient (Wildman–Crippen LogP) is 1.74. The van der Waals surface area contributed by atoms with Gasteiger partial charge in [-0.1, -0.05) is 30.3 Å². The largest absolute Gasteiger partial charge is 0.445 e. The Hall–Kier alpha value is -1.69. The summed E-state index contributed by atoms with van der Waals surface area (Å²) in [6.07, 6.45) is 2.26. The zero-order valence-electron chi connectivity index (χ0n) is 10.8. The zero-order valence-corrected chi connectivity index (χ0v) is 11.6. The molecule has 1 aromatic rings. The van der Waals surface area contributed by atoms with Crippen molar-refractivity contribution in [3.63, 3.8) is 0 Å². The average Bonchev–Trinajstić information content (AvgIpc) is 2.44. The molecule has 1 atom stereocenters. The molecule has 0 saturated carbocycles. The highest BCUT2D eigenvalue weighted by molar-refractivity contribution is 7.98. The van der Waals surface area contributed by atoms with E-state index < -0.39 is 12.3 Å². The van der Waals surface area contributed by atoms with Gasteiger partial charge in [0.05, 0.1) is 0 Å². The van der Waals surface area contributed by atoms with Crippen LogP contribution in [-0.4, -0.2) is 30.7 Å². The highest BCUT2D eigenvalue weighted by Crippen LogP contribution is 2.02.